The molecule has 0 spiro atoms. The molecule has 0 saturated carbocycles. The molecule has 0 fully saturated rings. The minimum atomic E-state index is -0.252. The topological polar surface area (TPSA) is 73.3 Å². The van der Waals surface area contributed by atoms with Crippen LogP contribution < -0.4 is 14.8 Å². The van der Waals surface area contributed by atoms with Crippen LogP contribution in [-0.4, -0.2) is 41.9 Å². The molecule has 3 rings (SSSR count). The molecule has 0 radical (unpaired) electrons. The number of methoxy groups -OCH3 is 2. The van der Waals surface area contributed by atoms with Crippen molar-refractivity contribution in [1.29, 1.82) is 0 Å². The molecule has 1 atom stereocenters. The highest BCUT2D eigenvalue weighted by atomic mass is 32.2. The summed E-state index contributed by atoms with van der Waals surface area (Å²) >= 11 is 3.13. The molecule has 8 heteroatoms. The van der Waals surface area contributed by atoms with Crippen molar-refractivity contribution < 1.29 is 14.3 Å². The summed E-state index contributed by atoms with van der Waals surface area (Å²) in [5.74, 6) is 1.38. The maximum absolute atomic E-state index is 12.6. The van der Waals surface area contributed by atoms with Crippen LogP contribution in [0, 0.1) is 13.8 Å². The predicted octanol–water partition coefficient (Wildman–Crippen LogP) is 4.16. The van der Waals surface area contributed by atoms with Crippen molar-refractivity contribution in [2.24, 2.45) is 0 Å². The van der Waals surface area contributed by atoms with Gasteiger partial charge in [-0.3, -0.25) is 4.79 Å². The highest BCUT2D eigenvalue weighted by Gasteiger charge is 2.19. The van der Waals surface area contributed by atoms with Gasteiger partial charge in [0.2, 0.25) is 5.91 Å². The summed E-state index contributed by atoms with van der Waals surface area (Å²) in [7, 11) is 3.23. The number of carbonyl (C=O) groups is 1. The van der Waals surface area contributed by atoms with E-state index in [1.165, 1.54) is 22.2 Å². The van der Waals surface area contributed by atoms with Gasteiger partial charge in [-0.05, 0) is 50.5 Å². The number of nitrogens with one attached hydrogen (secondary N) is 1. The van der Waals surface area contributed by atoms with Gasteiger partial charge in [-0.15, -0.1) is 11.3 Å². The van der Waals surface area contributed by atoms with Gasteiger partial charge >= 0.3 is 0 Å². The Hall–Kier alpha value is -2.32. The van der Waals surface area contributed by atoms with E-state index in [0.717, 1.165) is 20.8 Å². The fraction of sp³-hybridized carbons (Fsp3) is 0.381. The molecule has 1 aromatic carbocycles. The first kappa shape index (κ1) is 21.4. The summed E-state index contributed by atoms with van der Waals surface area (Å²) in [6.45, 7) is 6.61. The third kappa shape index (κ3) is 4.82. The molecule has 0 aliphatic heterocycles. The smallest absolute Gasteiger partial charge is 0.233 e. The lowest BCUT2D eigenvalue weighted by atomic mass is 10.1. The lowest BCUT2D eigenvalue weighted by molar-refractivity contribution is -0.120. The number of thioether (sulfide) groups is 1. The van der Waals surface area contributed by atoms with E-state index >= 15 is 0 Å². The van der Waals surface area contributed by atoms with Gasteiger partial charge in [-0.1, -0.05) is 17.8 Å². The van der Waals surface area contributed by atoms with Crippen molar-refractivity contribution in [3.05, 3.63) is 40.5 Å². The minimum absolute atomic E-state index is 0.00755. The van der Waals surface area contributed by atoms with E-state index in [2.05, 4.69) is 29.1 Å². The largest absolute Gasteiger partial charge is 0.493 e. The second kappa shape index (κ2) is 9.45. The van der Waals surface area contributed by atoms with E-state index in [1.807, 2.05) is 25.1 Å². The van der Waals surface area contributed by atoms with Crippen molar-refractivity contribution in [2.75, 3.05) is 20.8 Å². The van der Waals surface area contributed by atoms with Crippen molar-refractivity contribution in [2.45, 2.75) is 37.5 Å². The number of rotatable bonds is 8. The zero-order valence-electron chi connectivity index (χ0n) is 17.2. The van der Waals surface area contributed by atoms with Crippen LogP contribution in [0.15, 0.2) is 29.6 Å². The SMILES string of the molecule is COc1ccc(CCNC(=O)C(C)Sc2ncnc3sc(C)c(C)c23)cc1OC. The zero-order chi connectivity index (χ0) is 21.0. The standard InChI is InChI=1S/C21H25N3O3S2/c1-12-13(2)28-20-18(12)21(24-11-23-20)29-14(3)19(25)22-9-8-15-6-7-16(26-4)17(10-15)27-5/h6-7,10-11,14H,8-9H2,1-5H3,(H,22,25). The van der Waals surface area contributed by atoms with Crippen LogP contribution in [0.4, 0.5) is 0 Å². The van der Waals surface area contributed by atoms with Gasteiger partial charge in [0.25, 0.3) is 0 Å². The van der Waals surface area contributed by atoms with Gasteiger partial charge in [-0.2, -0.15) is 0 Å². The molecule has 2 aromatic heterocycles. The van der Waals surface area contributed by atoms with Crippen LogP contribution in [0.25, 0.3) is 10.2 Å². The molecule has 1 unspecified atom stereocenters. The molecule has 6 nitrogen and oxygen atoms in total. The summed E-state index contributed by atoms with van der Waals surface area (Å²) in [6, 6.07) is 5.79. The first-order valence-electron chi connectivity index (χ1n) is 9.30. The molecule has 1 amide bonds. The van der Waals surface area contributed by atoms with Crippen molar-refractivity contribution in [3.8, 4) is 11.5 Å². The molecule has 2 heterocycles. The van der Waals surface area contributed by atoms with Gasteiger partial charge < -0.3 is 14.8 Å². The number of hydrogen-bond donors (Lipinski definition) is 1. The average molecular weight is 432 g/mol. The molecular weight excluding hydrogens is 406 g/mol. The number of carbonyl (C=O) groups excluding carboxylic acids is 1. The summed E-state index contributed by atoms with van der Waals surface area (Å²) in [4.78, 5) is 23.6. The van der Waals surface area contributed by atoms with Crippen LogP contribution in [-0.2, 0) is 11.2 Å². The van der Waals surface area contributed by atoms with E-state index in [-0.39, 0.29) is 11.2 Å². The number of benzene rings is 1. The highest BCUT2D eigenvalue weighted by molar-refractivity contribution is 8.00. The Morgan fingerprint density at radius 1 is 1.21 bits per heavy atom. The fourth-order valence-corrected chi connectivity index (χ4v) is 5.03. The number of thiophene rings is 1. The predicted molar refractivity (Wildman–Crippen MR) is 118 cm³/mol. The normalized spacial score (nSPS) is 12.0. The number of aromatic nitrogens is 2. The molecule has 3 aromatic rings. The Balaban J connectivity index is 1.59. The maximum atomic E-state index is 12.6. The van der Waals surface area contributed by atoms with Crippen molar-refractivity contribution in [1.82, 2.24) is 15.3 Å². The number of ether oxygens (including phenoxy) is 2. The number of amides is 1. The van der Waals surface area contributed by atoms with Crippen LogP contribution in [0.1, 0.15) is 22.9 Å². The van der Waals surface area contributed by atoms with Gasteiger partial charge in [0.1, 0.15) is 16.2 Å². The van der Waals surface area contributed by atoms with E-state index < -0.39 is 0 Å². The number of nitrogens with zero attached hydrogens (tertiary/aromatic N) is 2. The number of aryl methyl sites for hydroxylation is 2. The van der Waals surface area contributed by atoms with E-state index in [0.29, 0.717) is 24.5 Å². The molecule has 1 N–H and O–H groups in total. The summed E-state index contributed by atoms with van der Waals surface area (Å²) in [5, 5.41) is 4.68. The van der Waals surface area contributed by atoms with E-state index in [1.54, 1.807) is 31.9 Å². The molecule has 29 heavy (non-hydrogen) atoms. The second-order valence-corrected chi connectivity index (χ2v) is 9.17. The minimum Gasteiger partial charge on any atom is -0.493 e. The first-order valence-corrected chi connectivity index (χ1v) is 11.0. The fourth-order valence-electron chi connectivity index (χ4n) is 2.97. The lowest BCUT2D eigenvalue weighted by Crippen LogP contribution is -2.32. The monoisotopic (exact) mass is 431 g/mol. The maximum Gasteiger partial charge on any atom is 0.233 e. The number of hydrogen-bond acceptors (Lipinski definition) is 7. The molecule has 0 aliphatic carbocycles. The van der Waals surface area contributed by atoms with Gasteiger partial charge in [0, 0.05) is 16.8 Å². The van der Waals surface area contributed by atoms with Crippen LogP contribution in [0.5, 0.6) is 11.5 Å². The third-order valence-electron chi connectivity index (χ3n) is 4.75. The van der Waals surface area contributed by atoms with Crippen molar-refractivity contribution in [3.63, 3.8) is 0 Å². The summed E-state index contributed by atoms with van der Waals surface area (Å²) < 4.78 is 10.6. The molecule has 0 saturated heterocycles. The van der Waals surface area contributed by atoms with Crippen molar-refractivity contribution >= 4 is 39.2 Å². The quantitative estimate of drug-likeness (QED) is 0.426. The number of fused-ring (bicyclic) bond motifs is 1. The van der Waals surface area contributed by atoms with Gasteiger partial charge in [0.05, 0.1) is 19.5 Å². The zero-order valence-corrected chi connectivity index (χ0v) is 18.9. The van der Waals surface area contributed by atoms with Gasteiger partial charge in [-0.25, -0.2) is 9.97 Å². The van der Waals surface area contributed by atoms with E-state index in [9.17, 15) is 4.79 Å². The summed E-state index contributed by atoms with van der Waals surface area (Å²) in [6.07, 6.45) is 2.28. The Kier molecular flexibility index (Phi) is 6.97. The third-order valence-corrected chi connectivity index (χ3v) is 6.96. The lowest BCUT2D eigenvalue weighted by Gasteiger charge is -2.13. The van der Waals surface area contributed by atoms with Crippen LogP contribution >= 0.6 is 23.1 Å². The second-order valence-electron chi connectivity index (χ2n) is 6.63. The molecule has 154 valence electrons. The highest BCUT2D eigenvalue weighted by Crippen LogP contribution is 2.35. The van der Waals surface area contributed by atoms with Gasteiger partial charge in [0.15, 0.2) is 11.5 Å². The van der Waals surface area contributed by atoms with E-state index in [4.69, 9.17) is 9.47 Å². The Labute approximate surface area is 179 Å². The Bertz CT molecular complexity index is 1020. The van der Waals surface area contributed by atoms with Crippen LogP contribution in [0.2, 0.25) is 0 Å². The molecule has 0 bridgehead atoms. The molecular formula is C21H25N3O3S2. The average Bonchev–Trinajstić information content (AvgIpc) is 3.02. The Morgan fingerprint density at radius 3 is 2.69 bits per heavy atom. The Morgan fingerprint density at radius 2 is 1.97 bits per heavy atom. The molecule has 0 aliphatic rings. The van der Waals surface area contributed by atoms with Crippen LogP contribution in [0.3, 0.4) is 0 Å². The first-order chi connectivity index (χ1) is 13.9. The summed E-state index contributed by atoms with van der Waals surface area (Å²) in [5.41, 5.74) is 2.26.